The summed E-state index contributed by atoms with van der Waals surface area (Å²) in [5, 5.41) is 1.07. The maximum Gasteiger partial charge on any atom is 0.141 e. The van der Waals surface area contributed by atoms with Crippen LogP contribution in [0, 0.1) is 12.8 Å². The van der Waals surface area contributed by atoms with Gasteiger partial charge in [0.25, 0.3) is 0 Å². The highest BCUT2D eigenvalue weighted by Crippen LogP contribution is 2.40. The van der Waals surface area contributed by atoms with Gasteiger partial charge in [-0.3, -0.25) is 9.59 Å². The number of aromatic amines is 1. The van der Waals surface area contributed by atoms with Gasteiger partial charge in [-0.05, 0) is 48.9 Å². The number of rotatable bonds is 5. The third kappa shape index (κ3) is 3.66. The van der Waals surface area contributed by atoms with E-state index in [4.69, 9.17) is 0 Å². The molecule has 1 atom stereocenters. The van der Waals surface area contributed by atoms with Crippen LogP contribution in [0.1, 0.15) is 62.9 Å². The Kier molecular flexibility index (Phi) is 5.29. The van der Waals surface area contributed by atoms with Gasteiger partial charge in [-0.15, -0.1) is 0 Å². The maximum atomic E-state index is 12.5. The number of hydrogen-bond donors (Lipinski definition) is 1. The van der Waals surface area contributed by atoms with Crippen molar-refractivity contribution in [3.63, 3.8) is 0 Å². The highest BCUT2D eigenvalue weighted by atomic mass is 16.1. The van der Waals surface area contributed by atoms with Crippen molar-refractivity contribution >= 4 is 22.5 Å². The standard InChI is InChI=1S/C25H29NO2/c1-15-22(20-9-7-8-10-21(20)26-15)24(23(16(2)27)17(3)28)18-11-13-19(14-12-18)25(4,5)6/h7-14,23-24,26H,1-6H3/t24-/m0/s1. The Morgan fingerprint density at radius 1 is 0.893 bits per heavy atom. The van der Waals surface area contributed by atoms with Crippen molar-refractivity contribution < 1.29 is 9.59 Å². The van der Waals surface area contributed by atoms with Crippen molar-refractivity contribution in [2.24, 2.45) is 5.92 Å². The van der Waals surface area contributed by atoms with Gasteiger partial charge in [-0.1, -0.05) is 63.2 Å². The van der Waals surface area contributed by atoms with Crippen LogP contribution in [-0.2, 0) is 15.0 Å². The molecule has 3 nitrogen and oxygen atoms in total. The number of fused-ring (bicyclic) bond motifs is 1. The summed E-state index contributed by atoms with van der Waals surface area (Å²) < 4.78 is 0. The third-order valence-corrected chi connectivity index (χ3v) is 5.60. The largest absolute Gasteiger partial charge is 0.358 e. The molecule has 3 aromatic rings. The number of aromatic nitrogens is 1. The molecule has 0 saturated heterocycles. The molecule has 3 heteroatoms. The van der Waals surface area contributed by atoms with Crippen LogP contribution < -0.4 is 0 Å². The van der Waals surface area contributed by atoms with Crippen LogP contribution in [0.2, 0.25) is 0 Å². The van der Waals surface area contributed by atoms with Gasteiger partial charge in [-0.25, -0.2) is 0 Å². The fraction of sp³-hybridized carbons (Fsp3) is 0.360. The summed E-state index contributed by atoms with van der Waals surface area (Å²) in [6.45, 7) is 11.6. The van der Waals surface area contributed by atoms with Crippen molar-refractivity contribution in [2.45, 2.75) is 52.9 Å². The van der Waals surface area contributed by atoms with Crippen LogP contribution in [0.15, 0.2) is 48.5 Å². The Balaban J connectivity index is 2.25. The molecule has 0 saturated carbocycles. The number of ketones is 2. The van der Waals surface area contributed by atoms with E-state index in [1.54, 1.807) is 0 Å². The van der Waals surface area contributed by atoms with E-state index in [0.717, 1.165) is 27.7 Å². The molecule has 28 heavy (non-hydrogen) atoms. The predicted molar refractivity (Wildman–Crippen MR) is 115 cm³/mol. The predicted octanol–water partition coefficient (Wildman–Crippen LogP) is 5.70. The van der Waals surface area contributed by atoms with Crippen LogP contribution in [-0.4, -0.2) is 16.6 Å². The molecule has 0 aliphatic carbocycles. The first-order valence-corrected chi connectivity index (χ1v) is 9.79. The van der Waals surface area contributed by atoms with Gasteiger partial charge in [0.1, 0.15) is 11.6 Å². The van der Waals surface area contributed by atoms with Gasteiger partial charge < -0.3 is 4.98 Å². The Labute approximate surface area is 167 Å². The van der Waals surface area contributed by atoms with E-state index in [-0.39, 0.29) is 22.9 Å². The Hall–Kier alpha value is -2.68. The fourth-order valence-corrected chi connectivity index (χ4v) is 4.17. The van der Waals surface area contributed by atoms with Gasteiger partial charge in [-0.2, -0.15) is 0 Å². The molecule has 0 aliphatic heterocycles. The van der Waals surface area contributed by atoms with Gasteiger partial charge in [0.05, 0.1) is 5.92 Å². The Morgan fingerprint density at radius 2 is 1.46 bits per heavy atom. The minimum Gasteiger partial charge on any atom is -0.358 e. The number of carbonyl (C=O) groups excluding carboxylic acids is 2. The van der Waals surface area contributed by atoms with E-state index >= 15 is 0 Å². The fourth-order valence-electron chi connectivity index (χ4n) is 4.17. The van der Waals surface area contributed by atoms with Crippen LogP contribution in [0.5, 0.6) is 0 Å². The number of Topliss-reactive ketones (excluding diaryl/α,β-unsaturated/α-hetero) is 2. The molecule has 0 unspecified atom stereocenters. The SMILES string of the molecule is CC(=O)C(C(C)=O)[C@@H](c1ccc(C(C)(C)C)cc1)c1c(C)[nH]c2ccccc12. The summed E-state index contributed by atoms with van der Waals surface area (Å²) in [5.41, 5.74) is 5.33. The van der Waals surface area contributed by atoms with Crippen molar-refractivity contribution in [2.75, 3.05) is 0 Å². The van der Waals surface area contributed by atoms with Gasteiger partial charge in [0, 0.05) is 22.5 Å². The first kappa shape index (κ1) is 20.1. The Morgan fingerprint density at radius 3 is 2.00 bits per heavy atom. The topological polar surface area (TPSA) is 49.9 Å². The van der Waals surface area contributed by atoms with Gasteiger partial charge >= 0.3 is 0 Å². The number of aryl methyl sites for hydroxylation is 1. The van der Waals surface area contributed by atoms with Crippen LogP contribution >= 0.6 is 0 Å². The number of hydrogen-bond acceptors (Lipinski definition) is 2. The molecule has 0 amide bonds. The molecule has 0 radical (unpaired) electrons. The lowest BCUT2D eigenvalue weighted by atomic mass is 9.75. The monoisotopic (exact) mass is 375 g/mol. The summed E-state index contributed by atoms with van der Waals surface area (Å²) in [4.78, 5) is 28.5. The summed E-state index contributed by atoms with van der Waals surface area (Å²) >= 11 is 0. The average molecular weight is 376 g/mol. The van der Waals surface area contributed by atoms with Crippen molar-refractivity contribution in [3.8, 4) is 0 Å². The average Bonchev–Trinajstić information content (AvgIpc) is 2.94. The molecule has 1 heterocycles. The lowest BCUT2D eigenvalue weighted by Gasteiger charge is -2.26. The smallest absolute Gasteiger partial charge is 0.141 e. The molecule has 3 rings (SSSR count). The highest BCUT2D eigenvalue weighted by Gasteiger charge is 2.35. The number of carbonyl (C=O) groups is 2. The minimum absolute atomic E-state index is 0.0469. The molecule has 0 spiro atoms. The maximum absolute atomic E-state index is 12.5. The lowest BCUT2D eigenvalue weighted by molar-refractivity contribution is -0.130. The number of benzene rings is 2. The molecule has 0 bridgehead atoms. The first-order valence-electron chi connectivity index (χ1n) is 9.79. The molecular weight excluding hydrogens is 346 g/mol. The summed E-state index contributed by atoms with van der Waals surface area (Å²) in [5.74, 6) is -1.19. The van der Waals surface area contributed by atoms with E-state index in [1.807, 2.05) is 25.1 Å². The van der Waals surface area contributed by atoms with Crippen molar-refractivity contribution in [3.05, 3.63) is 70.9 Å². The molecule has 0 fully saturated rings. The van der Waals surface area contributed by atoms with Crippen molar-refractivity contribution in [1.29, 1.82) is 0 Å². The van der Waals surface area contributed by atoms with Crippen LogP contribution in [0.4, 0.5) is 0 Å². The van der Waals surface area contributed by atoms with E-state index in [0.29, 0.717) is 0 Å². The van der Waals surface area contributed by atoms with E-state index < -0.39 is 5.92 Å². The first-order chi connectivity index (χ1) is 13.1. The summed E-state index contributed by atoms with van der Waals surface area (Å²) in [6.07, 6.45) is 0. The quantitative estimate of drug-likeness (QED) is 0.582. The van der Waals surface area contributed by atoms with Gasteiger partial charge in [0.15, 0.2) is 0 Å². The normalized spacial score (nSPS) is 13.1. The minimum atomic E-state index is -0.696. The molecular formula is C25H29NO2. The zero-order valence-corrected chi connectivity index (χ0v) is 17.6. The number of nitrogens with one attached hydrogen (secondary N) is 1. The lowest BCUT2D eigenvalue weighted by Crippen LogP contribution is -2.28. The van der Waals surface area contributed by atoms with E-state index in [1.165, 1.54) is 19.4 Å². The van der Waals surface area contributed by atoms with Crippen molar-refractivity contribution in [1.82, 2.24) is 4.98 Å². The Bertz CT molecular complexity index is 1000. The zero-order valence-electron chi connectivity index (χ0n) is 17.6. The van der Waals surface area contributed by atoms with Crippen LogP contribution in [0.25, 0.3) is 10.9 Å². The molecule has 2 aromatic carbocycles. The zero-order chi connectivity index (χ0) is 20.6. The second-order valence-electron chi connectivity index (χ2n) is 8.76. The van der Waals surface area contributed by atoms with Gasteiger partial charge in [0.2, 0.25) is 0 Å². The molecule has 146 valence electrons. The third-order valence-electron chi connectivity index (χ3n) is 5.60. The highest BCUT2D eigenvalue weighted by molar-refractivity contribution is 6.02. The second-order valence-corrected chi connectivity index (χ2v) is 8.76. The molecule has 0 aliphatic rings. The number of H-pyrrole nitrogens is 1. The molecule has 1 aromatic heterocycles. The summed E-state index contributed by atoms with van der Waals surface area (Å²) in [6, 6.07) is 16.5. The summed E-state index contributed by atoms with van der Waals surface area (Å²) in [7, 11) is 0. The van der Waals surface area contributed by atoms with E-state index in [9.17, 15) is 9.59 Å². The molecule has 1 N–H and O–H groups in total. The van der Waals surface area contributed by atoms with E-state index in [2.05, 4.69) is 56.1 Å². The number of para-hydroxylation sites is 1. The second kappa shape index (κ2) is 7.38. The van der Waals surface area contributed by atoms with Crippen LogP contribution in [0.3, 0.4) is 0 Å².